The van der Waals surface area contributed by atoms with Crippen molar-refractivity contribution < 1.29 is 4.79 Å². The summed E-state index contributed by atoms with van der Waals surface area (Å²) in [5, 5.41) is 11.0. The summed E-state index contributed by atoms with van der Waals surface area (Å²) in [6.07, 6.45) is 2.76. The van der Waals surface area contributed by atoms with Crippen molar-refractivity contribution in [1.29, 1.82) is 0 Å². The Morgan fingerprint density at radius 1 is 1.41 bits per heavy atom. The Labute approximate surface area is 136 Å². The van der Waals surface area contributed by atoms with Crippen LogP contribution in [0.3, 0.4) is 0 Å². The molecule has 1 aromatic carbocycles. The van der Waals surface area contributed by atoms with Gasteiger partial charge in [0.05, 0.1) is 5.69 Å². The SMILES string of the molecule is CCn1cnnc1-c1ccccc1NC(=O)CCC(C)N.Cl. The van der Waals surface area contributed by atoms with Gasteiger partial charge >= 0.3 is 0 Å². The average molecular weight is 324 g/mol. The smallest absolute Gasteiger partial charge is 0.224 e. The van der Waals surface area contributed by atoms with E-state index in [9.17, 15) is 4.79 Å². The van der Waals surface area contributed by atoms with Crippen molar-refractivity contribution in [3.63, 3.8) is 0 Å². The lowest BCUT2D eigenvalue weighted by Gasteiger charge is -2.11. The quantitative estimate of drug-likeness (QED) is 0.855. The molecule has 7 heteroatoms. The molecule has 2 aromatic rings. The summed E-state index contributed by atoms with van der Waals surface area (Å²) in [7, 11) is 0. The first-order valence-electron chi connectivity index (χ1n) is 7.14. The average Bonchev–Trinajstić information content (AvgIpc) is 2.94. The molecule has 3 N–H and O–H groups in total. The van der Waals surface area contributed by atoms with Gasteiger partial charge in [-0.3, -0.25) is 4.79 Å². The molecule has 6 nitrogen and oxygen atoms in total. The lowest BCUT2D eigenvalue weighted by molar-refractivity contribution is -0.116. The number of carbonyl (C=O) groups excluding carboxylic acids is 1. The lowest BCUT2D eigenvalue weighted by Crippen LogP contribution is -2.19. The Balaban J connectivity index is 0.00000242. The molecule has 2 rings (SSSR count). The molecule has 1 unspecified atom stereocenters. The van der Waals surface area contributed by atoms with Gasteiger partial charge in [-0.15, -0.1) is 22.6 Å². The third kappa shape index (κ3) is 4.54. The fourth-order valence-electron chi connectivity index (χ4n) is 2.05. The minimum Gasteiger partial charge on any atom is -0.328 e. The van der Waals surface area contributed by atoms with E-state index in [0.717, 1.165) is 23.6 Å². The summed E-state index contributed by atoms with van der Waals surface area (Å²) in [6, 6.07) is 7.62. The summed E-state index contributed by atoms with van der Waals surface area (Å²) < 4.78 is 1.94. The van der Waals surface area contributed by atoms with E-state index >= 15 is 0 Å². The predicted octanol–water partition coefficient (Wildman–Crippen LogP) is 2.45. The highest BCUT2D eigenvalue weighted by Gasteiger charge is 2.13. The molecule has 0 saturated heterocycles. The highest BCUT2D eigenvalue weighted by molar-refractivity contribution is 5.94. The molecule has 0 bridgehead atoms. The predicted molar refractivity (Wildman–Crippen MR) is 89.9 cm³/mol. The molecule has 0 fully saturated rings. The van der Waals surface area contributed by atoms with Crippen molar-refractivity contribution in [3.8, 4) is 11.4 Å². The molecule has 0 saturated carbocycles. The molecule has 1 amide bonds. The van der Waals surface area contributed by atoms with E-state index in [4.69, 9.17) is 5.73 Å². The van der Waals surface area contributed by atoms with Crippen LogP contribution >= 0.6 is 12.4 Å². The zero-order chi connectivity index (χ0) is 15.2. The summed E-state index contributed by atoms with van der Waals surface area (Å²) >= 11 is 0. The van der Waals surface area contributed by atoms with Gasteiger partial charge < -0.3 is 15.6 Å². The van der Waals surface area contributed by atoms with Crippen molar-refractivity contribution in [2.75, 3.05) is 5.32 Å². The number of benzene rings is 1. The second-order valence-electron chi connectivity index (χ2n) is 5.05. The maximum Gasteiger partial charge on any atom is 0.224 e. The van der Waals surface area contributed by atoms with E-state index in [1.165, 1.54) is 0 Å². The van der Waals surface area contributed by atoms with Gasteiger partial charge in [0.25, 0.3) is 0 Å². The largest absolute Gasteiger partial charge is 0.328 e. The number of rotatable bonds is 6. The Morgan fingerprint density at radius 2 is 2.14 bits per heavy atom. The van der Waals surface area contributed by atoms with Crippen LogP contribution in [0.2, 0.25) is 0 Å². The number of halogens is 1. The summed E-state index contributed by atoms with van der Waals surface area (Å²) in [5.74, 6) is 0.711. The van der Waals surface area contributed by atoms with E-state index < -0.39 is 0 Å². The maximum atomic E-state index is 12.0. The van der Waals surface area contributed by atoms with Gasteiger partial charge in [-0.25, -0.2) is 0 Å². The topological polar surface area (TPSA) is 85.8 Å². The van der Waals surface area contributed by atoms with Crippen LogP contribution in [-0.2, 0) is 11.3 Å². The van der Waals surface area contributed by atoms with E-state index in [1.807, 2.05) is 42.7 Å². The number of nitrogens with zero attached hydrogens (tertiary/aromatic N) is 3. The molecule has 1 aromatic heterocycles. The number of carbonyl (C=O) groups is 1. The van der Waals surface area contributed by atoms with E-state index in [2.05, 4.69) is 15.5 Å². The highest BCUT2D eigenvalue weighted by Crippen LogP contribution is 2.26. The maximum absolute atomic E-state index is 12.0. The molecular formula is C15H22ClN5O. The Hall–Kier alpha value is -1.92. The Morgan fingerprint density at radius 3 is 2.82 bits per heavy atom. The fraction of sp³-hybridized carbons (Fsp3) is 0.400. The molecule has 0 aliphatic rings. The molecule has 0 spiro atoms. The van der Waals surface area contributed by atoms with Crippen LogP contribution in [0.25, 0.3) is 11.4 Å². The van der Waals surface area contributed by atoms with E-state index in [-0.39, 0.29) is 24.4 Å². The Bertz CT molecular complexity index is 611. The highest BCUT2D eigenvalue weighted by atomic mass is 35.5. The number of amides is 1. The standard InChI is InChI=1S/C15H21N5O.ClH/c1-3-20-10-17-19-15(20)12-6-4-5-7-13(12)18-14(21)9-8-11(2)16;/h4-7,10-11H,3,8-9,16H2,1-2H3,(H,18,21);1H. The van der Waals surface area contributed by atoms with Crippen molar-refractivity contribution in [1.82, 2.24) is 14.8 Å². The van der Waals surface area contributed by atoms with Gasteiger partial charge in [0.1, 0.15) is 6.33 Å². The van der Waals surface area contributed by atoms with Crippen LogP contribution in [0.4, 0.5) is 5.69 Å². The van der Waals surface area contributed by atoms with Crippen molar-refractivity contribution in [2.24, 2.45) is 5.73 Å². The summed E-state index contributed by atoms with van der Waals surface area (Å²) in [4.78, 5) is 12.0. The first kappa shape index (κ1) is 18.1. The van der Waals surface area contributed by atoms with Gasteiger partial charge in [-0.2, -0.15) is 0 Å². The second-order valence-corrected chi connectivity index (χ2v) is 5.05. The second kappa shape index (κ2) is 8.51. The number of nitrogens with one attached hydrogen (secondary N) is 1. The molecule has 1 atom stereocenters. The number of anilines is 1. The van der Waals surface area contributed by atoms with Gasteiger partial charge in [-0.1, -0.05) is 12.1 Å². The first-order chi connectivity index (χ1) is 10.1. The van der Waals surface area contributed by atoms with Crippen molar-refractivity contribution in [2.45, 2.75) is 39.3 Å². The van der Waals surface area contributed by atoms with Crippen molar-refractivity contribution >= 4 is 24.0 Å². The summed E-state index contributed by atoms with van der Waals surface area (Å²) in [5.41, 5.74) is 7.29. The summed E-state index contributed by atoms with van der Waals surface area (Å²) in [6.45, 7) is 4.69. The van der Waals surface area contributed by atoms with Gasteiger partial charge in [0.15, 0.2) is 5.82 Å². The monoisotopic (exact) mass is 323 g/mol. The normalized spacial score (nSPS) is 11.6. The number of nitrogens with two attached hydrogens (primary N) is 1. The van der Waals surface area contributed by atoms with E-state index in [1.54, 1.807) is 6.33 Å². The van der Waals surface area contributed by atoms with Gasteiger partial charge in [0.2, 0.25) is 5.91 Å². The molecule has 0 radical (unpaired) electrons. The molecule has 120 valence electrons. The van der Waals surface area contributed by atoms with Crippen LogP contribution in [-0.4, -0.2) is 26.7 Å². The van der Waals surface area contributed by atoms with Gasteiger partial charge in [-0.05, 0) is 32.4 Å². The zero-order valence-electron chi connectivity index (χ0n) is 12.8. The molecule has 0 aliphatic carbocycles. The first-order valence-corrected chi connectivity index (χ1v) is 7.14. The minimum atomic E-state index is -0.0395. The fourth-order valence-corrected chi connectivity index (χ4v) is 2.05. The third-order valence-electron chi connectivity index (χ3n) is 3.23. The number of aromatic nitrogens is 3. The van der Waals surface area contributed by atoms with Crippen LogP contribution in [0.5, 0.6) is 0 Å². The minimum absolute atomic E-state index is 0. The zero-order valence-corrected chi connectivity index (χ0v) is 13.6. The van der Waals surface area contributed by atoms with Crippen molar-refractivity contribution in [3.05, 3.63) is 30.6 Å². The molecular weight excluding hydrogens is 302 g/mol. The third-order valence-corrected chi connectivity index (χ3v) is 3.23. The molecule has 1 heterocycles. The number of hydrogen-bond donors (Lipinski definition) is 2. The number of para-hydroxylation sites is 1. The number of hydrogen-bond acceptors (Lipinski definition) is 4. The Kier molecular flexibility index (Phi) is 7.01. The van der Waals surface area contributed by atoms with Crippen LogP contribution in [0.1, 0.15) is 26.7 Å². The van der Waals surface area contributed by atoms with Crippen LogP contribution in [0.15, 0.2) is 30.6 Å². The van der Waals surface area contributed by atoms with Gasteiger partial charge in [0, 0.05) is 24.6 Å². The molecule has 0 aliphatic heterocycles. The van der Waals surface area contributed by atoms with Crippen LogP contribution < -0.4 is 11.1 Å². The number of aryl methyl sites for hydroxylation is 1. The molecule has 22 heavy (non-hydrogen) atoms. The van der Waals surface area contributed by atoms with E-state index in [0.29, 0.717) is 12.8 Å². The van der Waals surface area contributed by atoms with Crippen LogP contribution in [0, 0.1) is 0 Å². The lowest BCUT2D eigenvalue weighted by atomic mass is 10.1.